The van der Waals surface area contributed by atoms with E-state index in [1.54, 1.807) is 63.3 Å². The molecule has 2 fully saturated rings. The fraction of sp³-hybridized carbons (Fsp3) is 0.660. The molecule has 18 atom stereocenters. The summed E-state index contributed by atoms with van der Waals surface area (Å²) < 4.78 is 23.2. The molecule has 2 bridgehead atoms. The largest absolute Gasteiger partial charge is 0.481 e. The van der Waals surface area contributed by atoms with Crippen LogP contribution in [-0.4, -0.2) is 154 Å². The second-order valence-electron chi connectivity index (χ2n) is 17.4. The molecule has 0 saturated carbocycles. The summed E-state index contributed by atoms with van der Waals surface area (Å²) >= 11 is 0. The molecular weight excluding hydrogens is 835 g/mol. The molecule has 0 radical (unpaired) electrons. The molecule has 0 amide bonds. The number of rotatable bonds is 3. The lowest BCUT2D eigenvalue weighted by molar-refractivity contribution is -0.308. The van der Waals surface area contributed by atoms with E-state index in [9.17, 15) is 60.7 Å². The van der Waals surface area contributed by atoms with E-state index in [4.69, 9.17) is 24.7 Å². The van der Waals surface area contributed by atoms with Gasteiger partial charge in [-0.15, -0.1) is 0 Å². The number of aliphatic hydroxyl groups excluding tert-OH is 8. The number of esters is 1. The molecule has 2 saturated heterocycles. The topological polar surface area (TPSA) is 299 Å². The molecule has 12 N–H and O–H groups in total. The van der Waals surface area contributed by atoms with E-state index in [2.05, 4.69) is 0 Å². The van der Waals surface area contributed by atoms with Gasteiger partial charge in [-0.2, -0.15) is 0 Å². The number of cyclic esters (lactones) is 1. The fourth-order valence-electron chi connectivity index (χ4n) is 8.00. The first-order valence-corrected chi connectivity index (χ1v) is 22.2. The van der Waals surface area contributed by atoms with Crippen molar-refractivity contribution in [3.05, 3.63) is 85.1 Å². The van der Waals surface area contributed by atoms with Gasteiger partial charge in [0, 0.05) is 31.1 Å². The number of nitrogens with two attached hydrogens (primary N) is 1. The van der Waals surface area contributed by atoms with Crippen LogP contribution in [-0.2, 0) is 28.5 Å². The van der Waals surface area contributed by atoms with Gasteiger partial charge in [-0.3, -0.25) is 9.59 Å². The molecular formula is C47H73NO16. The third-order valence-corrected chi connectivity index (χ3v) is 11.9. The standard InChI is InChI=1S/C47H73NO16/c1-28-18-15-13-11-9-7-5-6-8-10-12-14-16-21-36(63-46-44(57)41(48)43(56)31(4)62-46)25-38-40(45(58)59)37(53)27-47(60,64-38)26-35(52)23-33(50)20-17-19-32(49)22-34(51)24-39(54)61-30(3)29(2)42(28)55/h5-16,18,21,28-38,40-44,46,49-53,55-57,60H,17,19-20,22-27,48H2,1-4H3,(H,58,59). The molecule has 18 unspecified atom stereocenters. The number of allylic oxidation sites excluding steroid dienone is 12. The van der Waals surface area contributed by atoms with Crippen molar-refractivity contribution >= 4 is 11.9 Å². The Bertz CT molecular complexity index is 1630. The van der Waals surface area contributed by atoms with Gasteiger partial charge in [-0.25, -0.2) is 0 Å². The van der Waals surface area contributed by atoms with Crippen molar-refractivity contribution in [1.82, 2.24) is 0 Å². The minimum atomic E-state index is -2.23. The van der Waals surface area contributed by atoms with E-state index in [0.717, 1.165) is 0 Å². The molecule has 362 valence electrons. The molecule has 64 heavy (non-hydrogen) atoms. The zero-order valence-corrected chi connectivity index (χ0v) is 37.3. The first kappa shape index (κ1) is 54.9. The monoisotopic (exact) mass is 907 g/mol. The van der Waals surface area contributed by atoms with Gasteiger partial charge in [0.1, 0.15) is 18.1 Å². The summed E-state index contributed by atoms with van der Waals surface area (Å²) in [6, 6.07) is -1.13. The van der Waals surface area contributed by atoms with Crippen LogP contribution in [0, 0.1) is 17.8 Å². The highest BCUT2D eigenvalue weighted by atomic mass is 16.7. The number of hydrogen-bond donors (Lipinski definition) is 11. The van der Waals surface area contributed by atoms with Crippen LogP contribution in [0.2, 0.25) is 0 Å². The number of carboxylic acids is 1. The Balaban J connectivity index is 1.84. The Morgan fingerprint density at radius 2 is 1.22 bits per heavy atom. The molecule has 17 nitrogen and oxygen atoms in total. The molecule has 0 aromatic carbocycles. The van der Waals surface area contributed by atoms with Crippen molar-refractivity contribution in [1.29, 1.82) is 0 Å². The van der Waals surface area contributed by atoms with Crippen molar-refractivity contribution in [3.8, 4) is 0 Å². The summed E-state index contributed by atoms with van der Waals surface area (Å²) in [5.74, 6) is -6.55. The lowest BCUT2D eigenvalue weighted by Crippen LogP contribution is -2.61. The van der Waals surface area contributed by atoms with Gasteiger partial charge in [-0.1, -0.05) is 98.9 Å². The summed E-state index contributed by atoms with van der Waals surface area (Å²) in [6.45, 7) is 6.82. The normalized spacial score (nSPS) is 41.3. The quantitative estimate of drug-likeness (QED) is 0.180. The van der Waals surface area contributed by atoms with E-state index in [0.29, 0.717) is 0 Å². The molecule has 0 aromatic heterocycles. The van der Waals surface area contributed by atoms with Crippen molar-refractivity contribution in [3.63, 3.8) is 0 Å². The SMILES string of the molecule is CC1C=CC=CC=CC=CC=CC=CC=CC(OC2OC(C)C(O)C(N)C2O)CC2OC(O)(CC(O)CC(O)CCCC(O)CC(O)CC(=O)OC(C)C(C)C1O)CC(O)C2C(=O)O. The van der Waals surface area contributed by atoms with Crippen LogP contribution in [0.15, 0.2) is 85.1 Å². The van der Waals surface area contributed by atoms with E-state index >= 15 is 0 Å². The van der Waals surface area contributed by atoms with Gasteiger partial charge in [0.15, 0.2) is 12.1 Å². The molecule has 3 heterocycles. The Hall–Kier alpha value is -3.40. The number of carboxylic acid groups (broad SMARTS) is 1. The van der Waals surface area contributed by atoms with Crippen LogP contribution >= 0.6 is 0 Å². The summed E-state index contributed by atoms with van der Waals surface area (Å²) in [5, 5.41) is 107. The zero-order valence-electron chi connectivity index (χ0n) is 37.3. The number of hydrogen-bond acceptors (Lipinski definition) is 16. The van der Waals surface area contributed by atoms with Gasteiger partial charge >= 0.3 is 11.9 Å². The second-order valence-corrected chi connectivity index (χ2v) is 17.4. The van der Waals surface area contributed by atoms with Crippen LogP contribution in [0.1, 0.15) is 85.5 Å². The van der Waals surface area contributed by atoms with Crippen LogP contribution in [0.4, 0.5) is 0 Å². The third kappa shape index (κ3) is 18.5. The molecule has 0 aliphatic carbocycles. The molecule has 0 aromatic rings. The van der Waals surface area contributed by atoms with Crippen LogP contribution in [0.3, 0.4) is 0 Å². The van der Waals surface area contributed by atoms with E-state index in [1.165, 1.54) is 6.08 Å². The fourth-order valence-corrected chi connectivity index (χ4v) is 8.00. The van der Waals surface area contributed by atoms with Crippen LogP contribution in [0.5, 0.6) is 0 Å². The van der Waals surface area contributed by atoms with Crippen LogP contribution in [0.25, 0.3) is 0 Å². The molecule has 3 rings (SSSR count). The van der Waals surface area contributed by atoms with Gasteiger partial charge in [0.05, 0.1) is 73.5 Å². The highest BCUT2D eigenvalue weighted by molar-refractivity contribution is 5.71. The minimum Gasteiger partial charge on any atom is -0.481 e. The highest BCUT2D eigenvalue weighted by Gasteiger charge is 2.51. The van der Waals surface area contributed by atoms with Crippen molar-refractivity contribution in [2.75, 3.05) is 0 Å². The number of carbonyl (C=O) groups excluding carboxylic acids is 1. The summed E-state index contributed by atoms with van der Waals surface area (Å²) in [6.07, 6.45) is 7.89. The van der Waals surface area contributed by atoms with E-state index < -0.39 is 128 Å². The lowest BCUT2D eigenvalue weighted by Gasteiger charge is -2.45. The summed E-state index contributed by atoms with van der Waals surface area (Å²) in [4.78, 5) is 25.1. The summed E-state index contributed by atoms with van der Waals surface area (Å²) in [5.41, 5.74) is 6.02. The van der Waals surface area contributed by atoms with Crippen molar-refractivity contribution in [2.24, 2.45) is 23.5 Å². The second kappa shape index (κ2) is 27.3. The molecule has 0 spiro atoms. The predicted octanol–water partition coefficient (Wildman–Crippen LogP) is 1.74. The number of ether oxygens (including phenoxy) is 4. The zero-order chi connectivity index (χ0) is 47.6. The average Bonchev–Trinajstić information content (AvgIpc) is 3.20. The molecule has 3 aliphatic heterocycles. The number of aliphatic carboxylic acids is 1. The van der Waals surface area contributed by atoms with Gasteiger partial charge in [0.2, 0.25) is 0 Å². The van der Waals surface area contributed by atoms with Crippen molar-refractivity contribution < 1.29 is 79.6 Å². The number of aliphatic hydroxyl groups is 9. The lowest BCUT2D eigenvalue weighted by atomic mass is 9.82. The molecule has 3 aliphatic rings. The Kier molecular flexibility index (Phi) is 23.4. The van der Waals surface area contributed by atoms with E-state index in [1.807, 2.05) is 43.4 Å². The smallest absolute Gasteiger partial charge is 0.311 e. The average molecular weight is 908 g/mol. The van der Waals surface area contributed by atoms with Gasteiger partial charge in [-0.05, 0) is 46.0 Å². The first-order chi connectivity index (χ1) is 30.2. The minimum absolute atomic E-state index is 0.122. The highest BCUT2D eigenvalue weighted by Crippen LogP contribution is 2.38. The summed E-state index contributed by atoms with van der Waals surface area (Å²) in [7, 11) is 0. The Morgan fingerprint density at radius 1 is 0.688 bits per heavy atom. The van der Waals surface area contributed by atoms with Gasteiger partial charge < -0.3 is 75.7 Å². The maximum absolute atomic E-state index is 12.6. The number of fused-ring (bicyclic) bond motifs is 2. The third-order valence-electron chi connectivity index (χ3n) is 11.9. The maximum atomic E-state index is 12.6. The first-order valence-electron chi connectivity index (χ1n) is 22.2. The Morgan fingerprint density at radius 3 is 1.78 bits per heavy atom. The predicted molar refractivity (Wildman–Crippen MR) is 236 cm³/mol. The van der Waals surface area contributed by atoms with Crippen molar-refractivity contribution in [2.45, 2.75) is 177 Å². The number of carbonyl (C=O) groups is 2. The Labute approximate surface area is 376 Å². The van der Waals surface area contributed by atoms with Crippen LogP contribution < -0.4 is 5.73 Å². The van der Waals surface area contributed by atoms with E-state index in [-0.39, 0.29) is 50.9 Å². The van der Waals surface area contributed by atoms with Gasteiger partial charge in [0.25, 0.3) is 0 Å². The maximum Gasteiger partial charge on any atom is 0.311 e. The molecule has 17 heteroatoms.